The first-order valence-corrected chi connectivity index (χ1v) is 8.38. The maximum Gasteiger partial charge on any atom is 0.341 e. The van der Waals surface area contributed by atoms with Crippen molar-refractivity contribution in [3.05, 3.63) is 33.9 Å². The van der Waals surface area contributed by atoms with Crippen molar-refractivity contribution in [1.29, 1.82) is 0 Å². The minimum Gasteiger partial charge on any atom is -0.477 e. The van der Waals surface area contributed by atoms with Crippen LogP contribution >= 0.6 is 11.8 Å². The van der Waals surface area contributed by atoms with Crippen LogP contribution in [0.3, 0.4) is 0 Å². The summed E-state index contributed by atoms with van der Waals surface area (Å²) in [5.74, 6) is -2.24. The lowest BCUT2D eigenvalue weighted by molar-refractivity contribution is -0.115. The van der Waals surface area contributed by atoms with Crippen LogP contribution in [-0.2, 0) is 4.79 Å². The highest BCUT2D eigenvalue weighted by molar-refractivity contribution is 8.01. The Hall–Kier alpha value is -2.35. The first-order valence-electron chi connectivity index (χ1n) is 7.50. The number of aromatic nitrogens is 1. The molecule has 0 spiro atoms. The standard InChI is InChI=1S/C16H13FN2O4S/c1-6-15(21)18-11-12-8(4-10(17)14(11)24-6)13(20)9(16(22)23)5-19(12)7-2-3-7/h4-7H,2-3H2,1H3,(H,18,21)(H,22,23). The van der Waals surface area contributed by atoms with Gasteiger partial charge in [-0.05, 0) is 25.8 Å². The average molecular weight is 348 g/mol. The molecule has 1 saturated carbocycles. The van der Waals surface area contributed by atoms with Crippen LogP contribution in [0, 0.1) is 5.82 Å². The zero-order valence-electron chi connectivity index (χ0n) is 12.6. The van der Waals surface area contributed by atoms with E-state index in [1.807, 2.05) is 0 Å². The van der Waals surface area contributed by atoms with Gasteiger partial charge in [-0.3, -0.25) is 9.59 Å². The first kappa shape index (κ1) is 15.2. The van der Waals surface area contributed by atoms with Crippen molar-refractivity contribution in [3.63, 3.8) is 0 Å². The Labute approximate surface area is 139 Å². The lowest BCUT2D eigenvalue weighted by Gasteiger charge is -2.25. The van der Waals surface area contributed by atoms with Gasteiger partial charge in [0.25, 0.3) is 0 Å². The molecule has 0 radical (unpaired) electrons. The molecule has 1 fully saturated rings. The van der Waals surface area contributed by atoms with Gasteiger partial charge >= 0.3 is 5.97 Å². The van der Waals surface area contributed by atoms with Crippen molar-refractivity contribution < 1.29 is 19.1 Å². The fraction of sp³-hybridized carbons (Fsp3) is 0.312. The molecule has 8 heteroatoms. The molecule has 1 aliphatic carbocycles. The number of aromatic carboxylic acids is 1. The van der Waals surface area contributed by atoms with Gasteiger partial charge in [-0.15, -0.1) is 11.8 Å². The number of fused-ring (bicyclic) bond motifs is 3. The zero-order valence-corrected chi connectivity index (χ0v) is 13.4. The van der Waals surface area contributed by atoms with Crippen LogP contribution in [0.15, 0.2) is 22.0 Å². The van der Waals surface area contributed by atoms with Gasteiger partial charge in [0.1, 0.15) is 11.4 Å². The van der Waals surface area contributed by atoms with Crippen molar-refractivity contribution in [2.75, 3.05) is 5.32 Å². The molecule has 124 valence electrons. The van der Waals surface area contributed by atoms with Gasteiger partial charge in [-0.1, -0.05) is 0 Å². The summed E-state index contributed by atoms with van der Waals surface area (Å²) in [6.45, 7) is 1.67. The number of rotatable bonds is 2. The van der Waals surface area contributed by atoms with Gasteiger partial charge in [0.15, 0.2) is 0 Å². The molecule has 0 bridgehead atoms. The van der Waals surface area contributed by atoms with E-state index in [0.717, 1.165) is 30.7 Å². The Kier molecular flexibility index (Phi) is 3.21. The number of pyridine rings is 1. The Morgan fingerprint density at radius 1 is 1.42 bits per heavy atom. The number of thioether (sulfide) groups is 1. The van der Waals surface area contributed by atoms with E-state index in [0.29, 0.717) is 5.52 Å². The number of hydrogen-bond donors (Lipinski definition) is 2. The molecular formula is C16H13FN2O4S. The second-order valence-corrected chi connectivity index (χ2v) is 7.37. The number of carboxylic acid groups (broad SMARTS) is 1. The third kappa shape index (κ3) is 2.13. The quantitative estimate of drug-likeness (QED) is 0.871. The Bertz CT molecular complexity index is 980. The highest BCUT2D eigenvalue weighted by Crippen LogP contribution is 2.45. The Morgan fingerprint density at radius 3 is 2.75 bits per heavy atom. The van der Waals surface area contributed by atoms with Crippen LogP contribution in [0.2, 0.25) is 0 Å². The first-order chi connectivity index (χ1) is 11.4. The van der Waals surface area contributed by atoms with Gasteiger partial charge in [0.2, 0.25) is 11.3 Å². The maximum atomic E-state index is 14.5. The molecule has 24 heavy (non-hydrogen) atoms. The fourth-order valence-electron chi connectivity index (χ4n) is 2.95. The molecule has 2 aliphatic rings. The average Bonchev–Trinajstić information content (AvgIpc) is 3.35. The third-order valence-corrected chi connectivity index (χ3v) is 5.51. The fourth-order valence-corrected chi connectivity index (χ4v) is 3.91. The molecular weight excluding hydrogens is 335 g/mol. The number of carbonyl (C=O) groups excluding carboxylic acids is 1. The molecule has 1 unspecified atom stereocenters. The summed E-state index contributed by atoms with van der Waals surface area (Å²) >= 11 is 1.10. The van der Waals surface area contributed by atoms with Crippen LogP contribution in [0.25, 0.3) is 10.9 Å². The summed E-state index contributed by atoms with van der Waals surface area (Å²) in [6.07, 6.45) is 3.00. The molecule has 2 heterocycles. The van der Waals surface area contributed by atoms with Crippen LogP contribution in [0.1, 0.15) is 36.2 Å². The number of benzene rings is 1. The van der Waals surface area contributed by atoms with Gasteiger partial charge in [-0.25, -0.2) is 9.18 Å². The second-order valence-electron chi connectivity index (χ2n) is 6.02. The zero-order chi connectivity index (χ0) is 17.2. The number of anilines is 1. The van der Waals surface area contributed by atoms with Gasteiger partial charge in [-0.2, -0.15) is 0 Å². The number of amides is 1. The smallest absolute Gasteiger partial charge is 0.341 e. The molecule has 6 nitrogen and oxygen atoms in total. The summed E-state index contributed by atoms with van der Waals surface area (Å²) in [4.78, 5) is 36.1. The van der Waals surface area contributed by atoms with Crippen molar-refractivity contribution in [3.8, 4) is 0 Å². The minimum atomic E-state index is -1.35. The van der Waals surface area contributed by atoms with Crippen LogP contribution in [0.4, 0.5) is 10.1 Å². The number of carbonyl (C=O) groups is 2. The second kappa shape index (κ2) is 5.07. The summed E-state index contributed by atoms with van der Waals surface area (Å²) < 4.78 is 16.2. The van der Waals surface area contributed by atoms with Gasteiger partial charge in [0, 0.05) is 12.2 Å². The predicted molar refractivity (Wildman–Crippen MR) is 87.3 cm³/mol. The SMILES string of the molecule is CC1Sc2c(F)cc3c(=O)c(C(=O)O)cn(C4CC4)c3c2NC1=O. The van der Waals surface area contributed by atoms with Crippen molar-refractivity contribution in [2.24, 2.45) is 0 Å². The largest absolute Gasteiger partial charge is 0.477 e. The summed E-state index contributed by atoms with van der Waals surface area (Å²) in [7, 11) is 0. The third-order valence-electron chi connectivity index (χ3n) is 4.31. The van der Waals surface area contributed by atoms with E-state index in [1.54, 1.807) is 11.5 Å². The molecule has 2 N–H and O–H groups in total. The highest BCUT2D eigenvalue weighted by atomic mass is 32.2. The lowest BCUT2D eigenvalue weighted by atomic mass is 10.1. The van der Waals surface area contributed by atoms with E-state index >= 15 is 0 Å². The molecule has 0 saturated heterocycles. The molecule has 1 atom stereocenters. The van der Waals surface area contributed by atoms with Crippen LogP contribution < -0.4 is 10.7 Å². The molecule has 1 aromatic heterocycles. The van der Waals surface area contributed by atoms with E-state index in [1.165, 1.54) is 6.20 Å². The van der Waals surface area contributed by atoms with Crippen molar-refractivity contribution in [2.45, 2.75) is 36.0 Å². The number of carboxylic acids is 1. The van der Waals surface area contributed by atoms with Gasteiger partial charge in [0.05, 0.1) is 26.7 Å². The van der Waals surface area contributed by atoms with Gasteiger partial charge < -0.3 is 15.0 Å². The minimum absolute atomic E-state index is 0.0199. The van der Waals surface area contributed by atoms with Crippen molar-refractivity contribution in [1.82, 2.24) is 4.57 Å². The topological polar surface area (TPSA) is 88.4 Å². The summed E-state index contributed by atoms with van der Waals surface area (Å²) in [5, 5.41) is 11.5. The number of halogens is 1. The Morgan fingerprint density at radius 2 is 2.12 bits per heavy atom. The van der Waals surface area contributed by atoms with E-state index in [2.05, 4.69) is 5.32 Å². The maximum absolute atomic E-state index is 14.5. The van der Waals surface area contributed by atoms with Crippen LogP contribution in [-0.4, -0.2) is 26.8 Å². The molecule has 1 amide bonds. The van der Waals surface area contributed by atoms with E-state index in [4.69, 9.17) is 0 Å². The normalized spacial score (nSPS) is 19.9. The molecule has 1 aliphatic heterocycles. The van der Waals surface area contributed by atoms with E-state index < -0.39 is 28.0 Å². The van der Waals surface area contributed by atoms with Crippen LogP contribution in [0.5, 0.6) is 0 Å². The predicted octanol–water partition coefficient (Wildman–Crippen LogP) is 2.61. The lowest BCUT2D eigenvalue weighted by Crippen LogP contribution is -2.28. The monoisotopic (exact) mass is 348 g/mol. The number of hydrogen-bond acceptors (Lipinski definition) is 4. The highest BCUT2D eigenvalue weighted by Gasteiger charge is 2.33. The van der Waals surface area contributed by atoms with E-state index in [9.17, 15) is 23.9 Å². The number of nitrogens with zero attached hydrogens (tertiary/aromatic N) is 1. The Balaban J connectivity index is 2.14. The summed E-state index contributed by atoms with van der Waals surface area (Å²) in [6, 6.07) is 1.14. The molecule has 1 aromatic carbocycles. The van der Waals surface area contributed by atoms with E-state index in [-0.39, 0.29) is 27.9 Å². The number of nitrogens with one attached hydrogen (secondary N) is 1. The molecule has 2 aromatic rings. The molecule has 4 rings (SSSR count). The van der Waals surface area contributed by atoms with Crippen molar-refractivity contribution >= 4 is 40.2 Å². The summed E-state index contributed by atoms with van der Waals surface area (Å²) in [5.41, 5.74) is -0.471.